The van der Waals surface area contributed by atoms with Gasteiger partial charge in [0.25, 0.3) is 5.91 Å². The molecule has 2 N–H and O–H groups in total. The van der Waals surface area contributed by atoms with E-state index < -0.39 is 0 Å². The van der Waals surface area contributed by atoms with Crippen molar-refractivity contribution in [2.75, 3.05) is 18.4 Å². The number of nitrogens with zero attached hydrogens (tertiary/aromatic N) is 1. The number of benzene rings is 1. The third kappa shape index (κ3) is 2.46. The molecule has 90 valence electrons. The van der Waals surface area contributed by atoms with E-state index in [0.29, 0.717) is 12.4 Å². The number of aliphatic imine (C=N–C) groups is 1. The van der Waals surface area contributed by atoms with E-state index in [1.54, 1.807) is 0 Å². The molecule has 1 amide bonds. The Morgan fingerprint density at radius 1 is 1.29 bits per heavy atom. The fraction of sp³-hybridized carbons (Fsp3) is 0.385. The number of hydrogen-bond acceptors (Lipinski definition) is 3. The summed E-state index contributed by atoms with van der Waals surface area (Å²) in [5.41, 5.74) is 4.25. The molecule has 1 aliphatic heterocycles. The summed E-state index contributed by atoms with van der Waals surface area (Å²) in [5.74, 6) is 0.280. The maximum absolute atomic E-state index is 11.9. The molecule has 0 fully saturated rings. The van der Waals surface area contributed by atoms with Crippen molar-refractivity contribution in [2.24, 2.45) is 4.99 Å². The monoisotopic (exact) mass is 231 g/mol. The van der Waals surface area contributed by atoms with Crippen LogP contribution < -0.4 is 10.6 Å². The predicted molar refractivity (Wildman–Crippen MR) is 69.6 cm³/mol. The fourth-order valence-electron chi connectivity index (χ4n) is 2.10. The highest BCUT2D eigenvalue weighted by Crippen LogP contribution is 2.21. The molecule has 0 unspecified atom stereocenters. The zero-order valence-electron chi connectivity index (χ0n) is 10.4. The van der Waals surface area contributed by atoms with Gasteiger partial charge in [0.15, 0.2) is 5.84 Å². The number of anilines is 1. The standard InChI is InChI=1S/C13H17N3O/c1-8-6-9(2)11(10(3)7-8)16-13(17)12-14-4-5-15-12/h6-7H,4-5H2,1-3H3,(H,14,15)(H,16,17). The summed E-state index contributed by atoms with van der Waals surface area (Å²) in [6.45, 7) is 7.47. The highest BCUT2D eigenvalue weighted by molar-refractivity contribution is 6.42. The van der Waals surface area contributed by atoms with Crippen molar-refractivity contribution in [1.29, 1.82) is 0 Å². The van der Waals surface area contributed by atoms with E-state index in [1.807, 2.05) is 20.8 Å². The largest absolute Gasteiger partial charge is 0.364 e. The van der Waals surface area contributed by atoms with E-state index in [1.165, 1.54) is 5.56 Å². The highest BCUT2D eigenvalue weighted by atomic mass is 16.2. The summed E-state index contributed by atoms with van der Waals surface area (Å²) >= 11 is 0. The van der Waals surface area contributed by atoms with Crippen LogP contribution in [0, 0.1) is 20.8 Å². The number of carbonyl (C=O) groups is 1. The summed E-state index contributed by atoms with van der Waals surface area (Å²) in [5, 5.41) is 5.88. The molecule has 1 aromatic carbocycles. The second-order valence-electron chi connectivity index (χ2n) is 4.38. The van der Waals surface area contributed by atoms with Gasteiger partial charge in [0, 0.05) is 12.2 Å². The van der Waals surface area contributed by atoms with Crippen LogP contribution in [-0.2, 0) is 4.79 Å². The van der Waals surface area contributed by atoms with Crippen LogP contribution in [0.5, 0.6) is 0 Å². The molecule has 0 atom stereocenters. The van der Waals surface area contributed by atoms with Gasteiger partial charge in [0.05, 0.1) is 6.54 Å². The molecule has 1 aromatic rings. The van der Waals surface area contributed by atoms with Crippen LogP contribution in [0.3, 0.4) is 0 Å². The van der Waals surface area contributed by atoms with E-state index in [4.69, 9.17) is 0 Å². The normalized spacial score (nSPS) is 14.2. The van der Waals surface area contributed by atoms with Gasteiger partial charge in [-0.3, -0.25) is 9.79 Å². The molecule has 4 nitrogen and oxygen atoms in total. The lowest BCUT2D eigenvalue weighted by Gasteiger charge is -2.12. The Balaban J connectivity index is 2.21. The molecule has 4 heteroatoms. The maximum Gasteiger partial charge on any atom is 0.290 e. The minimum Gasteiger partial charge on any atom is -0.364 e. The first kappa shape index (κ1) is 11.6. The SMILES string of the molecule is Cc1cc(C)c(NC(=O)C2=NCCN2)c(C)c1. The first-order valence-corrected chi connectivity index (χ1v) is 5.75. The Labute approximate surface area is 101 Å². The molecule has 0 saturated heterocycles. The molecule has 17 heavy (non-hydrogen) atoms. The summed E-state index contributed by atoms with van der Waals surface area (Å²) in [6.07, 6.45) is 0. The van der Waals surface area contributed by atoms with Gasteiger partial charge in [-0.05, 0) is 31.9 Å². The Bertz CT molecular complexity index is 468. The van der Waals surface area contributed by atoms with Gasteiger partial charge in [-0.1, -0.05) is 17.7 Å². The topological polar surface area (TPSA) is 53.5 Å². The van der Waals surface area contributed by atoms with E-state index in [-0.39, 0.29) is 5.91 Å². The van der Waals surface area contributed by atoms with Crippen LogP contribution in [0.15, 0.2) is 17.1 Å². The lowest BCUT2D eigenvalue weighted by atomic mass is 10.1. The minimum atomic E-state index is -0.155. The molecule has 0 bridgehead atoms. The molecule has 0 radical (unpaired) electrons. The lowest BCUT2D eigenvalue weighted by molar-refractivity contribution is -0.110. The van der Waals surface area contributed by atoms with Gasteiger partial charge >= 0.3 is 0 Å². The van der Waals surface area contributed by atoms with Gasteiger partial charge in [0.2, 0.25) is 0 Å². The van der Waals surface area contributed by atoms with E-state index in [9.17, 15) is 4.79 Å². The summed E-state index contributed by atoms with van der Waals surface area (Å²) in [6, 6.07) is 4.12. The average molecular weight is 231 g/mol. The lowest BCUT2D eigenvalue weighted by Crippen LogP contribution is -2.32. The number of amidine groups is 1. The van der Waals surface area contributed by atoms with Gasteiger partial charge in [-0.25, -0.2) is 0 Å². The number of hydrogen-bond donors (Lipinski definition) is 2. The van der Waals surface area contributed by atoms with Crippen molar-refractivity contribution in [1.82, 2.24) is 5.32 Å². The summed E-state index contributed by atoms with van der Waals surface area (Å²) in [4.78, 5) is 16.0. The van der Waals surface area contributed by atoms with Crippen molar-refractivity contribution in [3.8, 4) is 0 Å². The molecule has 0 aliphatic carbocycles. The number of nitrogens with one attached hydrogen (secondary N) is 2. The van der Waals surface area contributed by atoms with Crippen molar-refractivity contribution in [3.63, 3.8) is 0 Å². The zero-order valence-corrected chi connectivity index (χ0v) is 10.4. The Hall–Kier alpha value is -1.84. The predicted octanol–water partition coefficient (Wildman–Crippen LogP) is 1.55. The third-order valence-corrected chi connectivity index (χ3v) is 2.80. The van der Waals surface area contributed by atoms with Gasteiger partial charge in [-0.2, -0.15) is 0 Å². The minimum absolute atomic E-state index is 0.155. The summed E-state index contributed by atoms with van der Waals surface area (Å²) in [7, 11) is 0. The van der Waals surface area contributed by atoms with Crippen LogP contribution in [0.25, 0.3) is 0 Å². The van der Waals surface area contributed by atoms with Crippen LogP contribution in [0.2, 0.25) is 0 Å². The molecule has 1 heterocycles. The van der Waals surface area contributed by atoms with Gasteiger partial charge < -0.3 is 10.6 Å². The first-order valence-electron chi connectivity index (χ1n) is 5.75. The third-order valence-electron chi connectivity index (χ3n) is 2.80. The molecular formula is C13H17N3O. The molecular weight excluding hydrogens is 214 g/mol. The zero-order chi connectivity index (χ0) is 12.4. The molecule has 0 saturated carbocycles. The van der Waals surface area contributed by atoms with Crippen molar-refractivity contribution in [3.05, 3.63) is 28.8 Å². The van der Waals surface area contributed by atoms with Crippen molar-refractivity contribution >= 4 is 17.4 Å². The highest BCUT2D eigenvalue weighted by Gasteiger charge is 2.16. The van der Waals surface area contributed by atoms with Gasteiger partial charge in [0.1, 0.15) is 0 Å². The van der Waals surface area contributed by atoms with E-state index in [2.05, 4.69) is 27.8 Å². The fourth-order valence-corrected chi connectivity index (χ4v) is 2.10. The smallest absolute Gasteiger partial charge is 0.290 e. The Morgan fingerprint density at radius 2 is 1.94 bits per heavy atom. The van der Waals surface area contributed by atoms with Crippen molar-refractivity contribution < 1.29 is 4.79 Å². The number of amides is 1. The van der Waals surface area contributed by atoms with Crippen LogP contribution in [0.1, 0.15) is 16.7 Å². The second kappa shape index (κ2) is 4.57. The Kier molecular flexibility index (Phi) is 3.13. The van der Waals surface area contributed by atoms with Crippen LogP contribution >= 0.6 is 0 Å². The quantitative estimate of drug-likeness (QED) is 0.811. The van der Waals surface area contributed by atoms with Crippen molar-refractivity contribution in [2.45, 2.75) is 20.8 Å². The molecule has 1 aliphatic rings. The molecule has 2 rings (SSSR count). The Morgan fingerprint density at radius 3 is 2.47 bits per heavy atom. The molecule has 0 spiro atoms. The maximum atomic E-state index is 11.9. The number of rotatable bonds is 2. The second-order valence-corrected chi connectivity index (χ2v) is 4.38. The summed E-state index contributed by atoms with van der Waals surface area (Å²) < 4.78 is 0. The van der Waals surface area contributed by atoms with E-state index in [0.717, 1.165) is 23.4 Å². The first-order chi connectivity index (χ1) is 8.08. The average Bonchev–Trinajstić information content (AvgIpc) is 2.76. The van der Waals surface area contributed by atoms with Crippen LogP contribution in [0.4, 0.5) is 5.69 Å². The van der Waals surface area contributed by atoms with Crippen LogP contribution in [-0.4, -0.2) is 24.8 Å². The number of aryl methyl sites for hydroxylation is 3. The van der Waals surface area contributed by atoms with Gasteiger partial charge in [-0.15, -0.1) is 0 Å². The van der Waals surface area contributed by atoms with E-state index >= 15 is 0 Å². The molecule has 0 aromatic heterocycles. The number of carbonyl (C=O) groups excluding carboxylic acids is 1.